The maximum absolute atomic E-state index is 11.4. The Morgan fingerprint density at radius 2 is 1.22 bits per heavy atom. The molecule has 0 spiro atoms. The number of hydrogen-bond donors (Lipinski definition) is 0. The van der Waals surface area contributed by atoms with Gasteiger partial charge in [-0.2, -0.15) is 0 Å². The molecule has 0 saturated heterocycles. The van der Waals surface area contributed by atoms with Gasteiger partial charge in [0.05, 0.1) is 6.61 Å². The Morgan fingerprint density at radius 1 is 0.739 bits per heavy atom. The minimum Gasteiger partial charge on any atom is -0.466 e. The summed E-state index contributed by atoms with van der Waals surface area (Å²) in [7, 11) is 0. The van der Waals surface area contributed by atoms with E-state index in [4.69, 9.17) is 4.74 Å². The van der Waals surface area contributed by atoms with Crippen molar-refractivity contribution in [3.8, 4) is 0 Å². The number of aldehydes is 1. The van der Waals surface area contributed by atoms with Crippen LogP contribution in [0.4, 0.5) is 0 Å². The molecule has 0 bridgehead atoms. The summed E-state index contributed by atoms with van der Waals surface area (Å²) in [6.07, 6.45) is 19.3. The van der Waals surface area contributed by atoms with Gasteiger partial charge < -0.3 is 9.53 Å². The molecule has 3 heteroatoms. The maximum atomic E-state index is 11.4. The van der Waals surface area contributed by atoms with Gasteiger partial charge in [0.1, 0.15) is 6.29 Å². The van der Waals surface area contributed by atoms with Crippen molar-refractivity contribution in [2.24, 2.45) is 0 Å². The van der Waals surface area contributed by atoms with Crippen molar-refractivity contribution in [2.45, 2.75) is 110 Å². The Kier molecular flexibility index (Phi) is 18.5. The summed E-state index contributed by atoms with van der Waals surface area (Å²) >= 11 is 0. The summed E-state index contributed by atoms with van der Waals surface area (Å²) in [5.41, 5.74) is 0. The van der Waals surface area contributed by atoms with Gasteiger partial charge in [-0.15, -0.1) is 0 Å². The smallest absolute Gasteiger partial charge is 0.305 e. The molecule has 0 amide bonds. The predicted octanol–water partition coefficient (Wildman–Crippen LogP) is 5.99. The molecule has 23 heavy (non-hydrogen) atoms. The van der Waals surface area contributed by atoms with Crippen LogP contribution >= 0.6 is 0 Å². The fourth-order valence-corrected chi connectivity index (χ4v) is 2.67. The summed E-state index contributed by atoms with van der Waals surface area (Å²) in [5, 5.41) is 0. The number of carbonyl (C=O) groups excluding carboxylic acids is 2. The molecule has 0 aliphatic rings. The first-order valence-electron chi connectivity index (χ1n) is 9.90. The van der Waals surface area contributed by atoms with Gasteiger partial charge in [0.2, 0.25) is 0 Å². The third-order valence-electron chi connectivity index (χ3n) is 4.21. The van der Waals surface area contributed by atoms with E-state index >= 15 is 0 Å². The average Bonchev–Trinajstić information content (AvgIpc) is 2.55. The molecule has 0 aromatic heterocycles. The zero-order chi connectivity index (χ0) is 17.0. The van der Waals surface area contributed by atoms with Gasteiger partial charge in [0.15, 0.2) is 0 Å². The SMILES string of the molecule is CCCCOC(=O)CCCCCCCCCCCCCCC=O. The number of rotatable bonds is 18. The third-order valence-corrected chi connectivity index (χ3v) is 4.21. The molecule has 0 fully saturated rings. The molecule has 0 rings (SSSR count). The highest BCUT2D eigenvalue weighted by Gasteiger charge is 2.01. The van der Waals surface area contributed by atoms with Crippen LogP contribution in [0.3, 0.4) is 0 Å². The molecule has 0 aliphatic carbocycles. The van der Waals surface area contributed by atoms with Crippen molar-refractivity contribution in [3.63, 3.8) is 0 Å². The Balaban J connectivity index is 3.07. The molecule has 0 heterocycles. The molecule has 0 radical (unpaired) electrons. The van der Waals surface area contributed by atoms with E-state index in [1.54, 1.807) is 0 Å². The van der Waals surface area contributed by atoms with Crippen molar-refractivity contribution >= 4 is 12.3 Å². The molecule has 0 aromatic carbocycles. The van der Waals surface area contributed by atoms with Gasteiger partial charge in [0.25, 0.3) is 0 Å². The lowest BCUT2D eigenvalue weighted by atomic mass is 10.0. The number of carbonyl (C=O) groups is 2. The van der Waals surface area contributed by atoms with Crippen LogP contribution in [0.25, 0.3) is 0 Å². The van der Waals surface area contributed by atoms with Gasteiger partial charge in [-0.25, -0.2) is 0 Å². The summed E-state index contributed by atoms with van der Waals surface area (Å²) in [6, 6.07) is 0. The first kappa shape index (κ1) is 22.1. The van der Waals surface area contributed by atoms with Gasteiger partial charge in [-0.05, 0) is 19.3 Å². The van der Waals surface area contributed by atoms with E-state index in [0.717, 1.165) is 44.8 Å². The van der Waals surface area contributed by atoms with Crippen molar-refractivity contribution < 1.29 is 14.3 Å². The number of hydrogen-bond acceptors (Lipinski definition) is 3. The van der Waals surface area contributed by atoms with Gasteiger partial charge in [-0.3, -0.25) is 4.79 Å². The maximum Gasteiger partial charge on any atom is 0.305 e. The van der Waals surface area contributed by atoms with Crippen LogP contribution in [-0.4, -0.2) is 18.9 Å². The fourth-order valence-electron chi connectivity index (χ4n) is 2.67. The quantitative estimate of drug-likeness (QED) is 0.176. The monoisotopic (exact) mass is 326 g/mol. The number of unbranched alkanes of at least 4 members (excludes halogenated alkanes) is 13. The average molecular weight is 327 g/mol. The lowest BCUT2D eigenvalue weighted by molar-refractivity contribution is -0.143. The van der Waals surface area contributed by atoms with E-state index in [9.17, 15) is 9.59 Å². The molecule has 0 aliphatic heterocycles. The highest BCUT2D eigenvalue weighted by atomic mass is 16.5. The first-order valence-corrected chi connectivity index (χ1v) is 9.90. The zero-order valence-electron chi connectivity index (χ0n) is 15.3. The van der Waals surface area contributed by atoms with E-state index in [1.165, 1.54) is 57.8 Å². The second-order valence-corrected chi connectivity index (χ2v) is 6.52. The fraction of sp³-hybridized carbons (Fsp3) is 0.900. The Hall–Kier alpha value is -0.860. The number of esters is 1. The molecule has 0 aromatic rings. The van der Waals surface area contributed by atoms with Gasteiger partial charge >= 0.3 is 5.97 Å². The summed E-state index contributed by atoms with van der Waals surface area (Å²) < 4.78 is 5.14. The largest absolute Gasteiger partial charge is 0.466 e. The summed E-state index contributed by atoms with van der Waals surface area (Å²) in [4.78, 5) is 21.6. The molecular formula is C20H38O3. The summed E-state index contributed by atoms with van der Waals surface area (Å²) in [5.74, 6) is -0.0217. The van der Waals surface area contributed by atoms with Crippen LogP contribution in [0.1, 0.15) is 110 Å². The zero-order valence-corrected chi connectivity index (χ0v) is 15.3. The molecule has 136 valence electrons. The van der Waals surface area contributed by atoms with Crippen LogP contribution in [0.2, 0.25) is 0 Å². The van der Waals surface area contributed by atoms with Crippen LogP contribution < -0.4 is 0 Å². The van der Waals surface area contributed by atoms with E-state index in [-0.39, 0.29) is 5.97 Å². The van der Waals surface area contributed by atoms with Crippen LogP contribution in [0.5, 0.6) is 0 Å². The first-order chi connectivity index (χ1) is 11.3. The Morgan fingerprint density at radius 3 is 1.70 bits per heavy atom. The highest BCUT2D eigenvalue weighted by Crippen LogP contribution is 2.13. The molecule has 3 nitrogen and oxygen atoms in total. The Bertz CT molecular complexity index is 264. The second kappa shape index (κ2) is 19.2. The van der Waals surface area contributed by atoms with Gasteiger partial charge in [0, 0.05) is 12.8 Å². The van der Waals surface area contributed by atoms with Crippen molar-refractivity contribution in [2.75, 3.05) is 6.61 Å². The van der Waals surface area contributed by atoms with Crippen LogP contribution in [0, 0.1) is 0 Å². The Labute approximate surface area is 143 Å². The normalized spacial score (nSPS) is 10.7. The molecule has 0 unspecified atom stereocenters. The third kappa shape index (κ3) is 19.1. The lowest BCUT2D eigenvalue weighted by Gasteiger charge is -2.04. The van der Waals surface area contributed by atoms with E-state index in [0.29, 0.717) is 13.0 Å². The van der Waals surface area contributed by atoms with Gasteiger partial charge in [-0.1, -0.05) is 77.6 Å². The standard InChI is InChI=1S/C20H38O3/c1-2-3-19-23-20(22)17-15-13-11-9-7-5-4-6-8-10-12-14-16-18-21/h18H,2-17,19H2,1H3. The van der Waals surface area contributed by atoms with Crippen molar-refractivity contribution in [3.05, 3.63) is 0 Å². The molecule has 0 saturated carbocycles. The topological polar surface area (TPSA) is 43.4 Å². The lowest BCUT2D eigenvalue weighted by Crippen LogP contribution is -2.05. The summed E-state index contributed by atoms with van der Waals surface area (Å²) in [6.45, 7) is 2.69. The van der Waals surface area contributed by atoms with Crippen LogP contribution in [-0.2, 0) is 14.3 Å². The number of ether oxygens (including phenoxy) is 1. The van der Waals surface area contributed by atoms with E-state index in [1.807, 2.05) is 0 Å². The minimum absolute atomic E-state index is 0.0217. The van der Waals surface area contributed by atoms with E-state index in [2.05, 4.69) is 6.92 Å². The van der Waals surface area contributed by atoms with E-state index < -0.39 is 0 Å². The van der Waals surface area contributed by atoms with Crippen LogP contribution in [0.15, 0.2) is 0 Å². The minimum atomic E-state index is -0.0217. The second-order valence-electron chi connectivity index (χ2n) is 6.52. The highest BCUT2D eigenvalue weighted by molar-refractivity contribution is 5.69. The van der Waals surface area contributed by atoms with Crippen molar-refractivity contribution in [1.82, 2.24) is 0 Å². The predicted molar refractivity (Wildman–Crippen MR) is 96.6 cm³/mol. The van der Waals surface area contributed by atoms with Crippen molar-refractivity contribution in [1.29, 1.82) is 0 Å². The molecule has 0 atom stereocenters. The molecular weight excluding hydrogens is 288 g/mol. The molecule has 0 N–H and O–H groups in total.